The topological polar surface area (TPSA) is 38.3 Å². The van der Waals surface area contributed by atoms with Crippen LogP contribution in [0.15, 0.2) is 71.6 Å². The van der Waals surface area contributed by atoms with E-state index in [1.54, 1.807) is 49.2 Å². The number of methoxy groups -OCH3 is 1. The molecule has 1 amide bonds. The van der Waals surface area contributed by atoms with Gasteiger partial charge in [-0.3, -0.25) is 4.79 Å². The Morgan fingerprint density at radius 2 is 1.70 bits per heavy atom. The Balaban J connectivity index is 1.78. The Morgan fingerprint density at radius 1 is 1.00 bits per heavy atom. The third-order valence-electron chi connectivity index (χ3n) is 3.80. The third kappa shape index (κ3) is 5.42. The molecule has 0 unspecified atom stereocenters. The molecule has 0 radical (unpaired) electrons. The monoisotopic (exact) mass is 417 g/mol. The van der Waals surface area contributed by atoms with Crippen molar-refractivity contribution >= 4 is 46.6 Å². The van der Waals surface area contributed by atoms with Gasteiger partial charge < -0.3 is 10.1 Å². The number of carbonyl (C=O) groups excluding carboxylic acids is 1. The van der Waals surface area contributed by atoms with Gasteiger partial charge in [-0.2, -0.15) is 0 Å². The molecule has 0 bridgehead atoms. The smallest absolute Gasteiger partial charge is 0.255 e. The molecule has 0 aromatic heterocycles. The molecule has 0 fully saturated rings. The van der Waals surface area contributed by atoms with Gasteiger partial charge in [0.1, 0.15) is 5.75 Å². The number of carbonyl (C=O) groups is 1. The first-order valence-corrected chi connectivity index (χ1v) is 9.91. The van der Waals surface area contributed by atoms with Gasteiger partial charge in [0.15, 0.2) is 0 Å². The maximum atomic E-state index is 12.6. The lowest BCUT2D eigenvalue weighted by molar-refractivity contribution is 0.102. The van der Waals surface area contributed by atoms with Crippen molar-refractivity contribution in [3.63, 3.8) is 0 Å². The molecule has 3 nitrogen and oxygen atoms in total. The van der Waals surface area contributed by atoms with Crippen molar-refractivity contribution in [3.8, 4) is 5.75 Å². The minimum Gasteiger partial charge on any atom is -0.496 e. The summed E-state index contributed by atoms with van der Waals surface area (Å²) >= 11 is 13.7. The van der Waals surface area contributed by atoms with Crippen LogP contribution < -0.4 is 10.1 Å². The minimum absolute atomic E-state index is 0.234. The number of anilines is 1. The van der Waals surface area contributed by atoms with Crippen LogP contribution in [0.1, 0.15) is 15.9 Å². The van der Waals surface area contributed by atoms with Crippen LogP contribution in [-0.2, 0) is 5.75 Å². The number of benzene rings is 3. The summed E-state index contributed by atoms with van der Waals surface area (Å²) in [5.41, 5.74) is 2.03. The Morgan fingerprint density at radius 3 is 2.37 bits per heavy atom. The van der Waals surface area contributed by atoms with Crippen molar-refractivity contribution in [1.29, 1.82) is 0 Å². The molecule has 0 aliphatic rings. The minimum atomic E-state index is -0.234. The van der Waals surface area contributed by atoms with E-state index in [0.29, 0.717) is 27.0 Å². The van der Waals surface area contributed by atoms with Gasteiger partial charge in [-0.05, 0) is 48.5 Å². The molecule has 0 saturated carbocycles. The molecule has 0 aliphatic heterocycles. The van der Waals surface area contributed by atoms with Crippen molar-refractivity contribution in [1.82, 2.24) is 0 Å². The van der Waals surface area contributed by atoms with Crippen LogP contribution in [0.2, 0.25) is 10.0 Å². The van der Waals surface area contributed by atoms with Gasteiger partial charge in [-0.1, -0.05) is 41.4 Å². The molecule has 6 heteroatoms. The van der Waals surface area contributed by atoms with Gasteiger partial charge in [-0.25, -0.2) is 0 Å². The number of hydrogen-bond acceptors (Lipinski definition) is 3. The Hall–Kier alpha value is -2.14. The van der Waals surface area contributed by atoms with Gasteiger partial charge in [-0.15, -0.1) is 11.8 Å². The van der Waals surface area contributed by atoms with Crippen LogP contribution in [-0.4, -0.2) is 13.0 Å². The molecule has 3 rings (SSSR count). The molecule has 27 heavy (non-hydrogen) atoms. The van der Waals surface area contributed by atoms with E-state index in [0.717, 1.165) is 16.2 Å². The number of amides is 1. The molecule has 3 aromatic rings. The second-order valence-electron chi connectivity index (χ2n) is 5.74. The van der Waals surface area contributed by atoms with Crippen LogP contribution in [0.4, 0.5) is 5.69 Å². The molecule has 0 atom stereocenters. The van der Waals surface area contributed by atoms with E-state index >= 15 is 0 Å². The summed E-state index contributed by atoms with van der Waals surface area (Å²) in [5.74, 6) is 1.21. The van der Waals surface area contributed by atoms with Gasteiger partial charge in [0.2, 0.25) is 0 Å². The van der Waals surface area contributed by atoms with E-state index in [4.69, 9.17) is 27.9 Å². The molecule has 0 aliphatic carbocycles. The number of thioether (sulfide) groups is 1. The maximum absolute atomic E-state index is 12.6. The molecule has 0 heterocycles. The second kappa shape index (κ2) is 9.18. The van der Waals surface area contributed by atoms with E-state index in [2.05, 4.69) is 17.4 Å². The summed E-state index contributed by atoms with van der Waals surface area (Å²) in [6.07, 6.45) is 0. The van der Waals surface area contributed by atoms with Crippen LogP contribution in [0.3, 0.4) is 0 Å². The lowest BCUT2D eigenvalue weighted by Crippen LogP contribution is -2.12. The standard InChI is InChI=1S/C21H17Cl2NO2S/c1-26-20-8-7-14(9-15(20)13-27-19-5-3-2-4-6-19)21(25)24-18-11-16(22)10-17(23)12-18/h2-12H,13H2,1H3,(H,24,25). The highest BCUT2D eigenvalue weighted by atomic mass is 35.5. The number of hydrogen-bond donors (Lipinski definition) is 1. The van der Waals surface area contributed by atoms with E-state index in [9.17, 15) is 4.79 Å². The number of nitrogens with one attached hydrogen (secondary N) is 1. The fourth-order valence-electron chi connectivity index (χ4n) is 2.54. The summed E-state index contributed by atoms with van der Waals surface area (Å²) in [4.78, 5) is 13.8. The van der Waals surface area contributed by atoms with Crippen molar-refractivity contribution in [2.45, 2.75) is 10.6 Å². The highest BCUT2D eigenvalue weighted by Crippen LogP contribution is 2.29. The molecule has 138 valence electrons. The van der Waals surface area contributed by atoms with Crippen molar-refractivity contribution in [2.75, 3.05) is 12.4 Å². The predicted molar refractivity (Wildman–Crippen MR) is 113 cm³/mol. The first-order chi connectivity index (χ1) is 13.0. The zero-order chi connectivity index (χ0) is 19.2. The SMILES string of the molecule is COc1ccc(C(=O)Nc2cc(Cl)cc(Cl)c2)cc1CSc1ccccc1. The molecule has 0 saturated heterocycles. The average molecular weight is 418 g/mol. The first kappa shape index (κ1) is 19.6. The van der Waals surface area contributed by atoms with Crippen molar-refractivity contribution in [2.24, 2.45) is 0 Å². The molecule has 1 N–H and O–H groups in total. The number of ether oxygens (including phenoxy) is 1. The number of halogens is 2. The number of rotatable bonds is 6. The zero-order valence-corrected chi connectivity index (χ0v) is 16.9. The van der Waals surface area contributed by atoms with Crippen LogP contribution in [0, 0.1) is 0 Å². The molecule has 0 spiro atoms. The van der Waals surface area contributed by atoms with Crippen LogP contribution in [0.5, 0.6) is 5.75 Å². The van der Waals surface area contributed by atoms with Crippen LogP contribution >= 0.6 is 35.0 Å². The predicted octanol–water partition coefficient (Wildman–Crippen LogP) is 6.55. The van der Waals surface area contributed by atoms with Gasteiger partial charge in [0, 0.05) is 37.5 Å². The fourth-order valence-corrected chi connectivity index (χ4v) is 3.96. The summed E-state index contributed by atoms with van der Waals surface area (Å²) in [7, 11) is 1.62. The van der Waals surface area contributed by atoms with E-state index < -0.39 is 0 Å². The molecular formula is C21H17Cl2NO2S. The molecule has 3 aromatic carbocycles. The quantitative estimate of drug-likeness (QED) is 0.462. The fraction of sp³-hybridized carbons (Fsp3) is 0.0952. The van der Waals surface area contributed by atoms with E-state index in [-0.39, 0.29) is 5.91 Å². The Bertz CT molecular complexity index is 928. The highest BCUT2D eigenvalue weighted by molar-refractivity contribution is 7.98. The van der Waals surface area contributed by atoms with E-state index in [1.807, 2.05) is 24.3 Å². The third-order valence-corrected chi connectivity index (χ3v) is 5.30. The maximum Gasteiger partial charge on any atom is 0.255 e. The van der Waals surface area contributed by atoms with Crippen molar-refractivity contribution in [3.05, 3.63) is 87.9 Å². The van der Waals surface area contributed by atoms with Gasteiger partial charge >= 0.3 is 0 Å². The Kier molecular flexibility index (Phi) is 6.67. The van der Waals surface area contributed by atoms with E-state index in [1.165, 1.54) is 0 Å². The second-order valence-corrected chi connectivity index (χ2v) is 7.66. The average Bonchev–Trinajstić information content (AvgIpc) is 2.66. The Labute approximate surface area is 172 Å². The van der Waals surface area contributed by atoms with Gasteiger partial charge in [0.05, 0.1) is 7.11 Å². The molecular weight excluding hydrogens is 401 g/mol. The summed E-state index contributed by atoms with van der Waals surface area (Å²) in [6.45, 7) is 0. The van der Waals surface area contributed by atoms with Crippen molar-refractivity contribution < 1.29 is 9.53 Å². The first-order valence-electron chi connectivity index (χ1n) is 8.17. The summed E-state index contributed by atoms with van der Waals surface area (Å²) in [5, 5.41) is 3.75. The normalized spacial score (nSPS) is 10.5. The largest absolute Gasteiger partial charge is 0.496 e. The lowest BCUT2D eigenvalue weighted by Gasteiger charge is -2.11. The zero-order valence-electron chi connectivity index (χ0n) is 14.5. The van der Waals surface area contributed by atoms with Crippen LogP contribution in [0.25, 0.3) is 0 Å². The highest BCUT2D eigenvalue weighted by Gasteiger charge is 2.12. The van der Waals surface area contributed by atoms with Gasteiger partial charge in [0.25, 0.3) is 5.91 Å². The lowest BCUT2D eigenvalue weighted by atomic mass is 10.1. The summed E-state index contributed by atoms with van der Waals surface area (Å²) in [6, 6.07) is 20.4. The summed E-state index contributed by atoms with van der Waals surface area (Å²) < 4.78 is 5.44.